The molecule has 0 radical (unpaired) electrons. The number of hydrogen-bond donors (Lipinski definition) is 2. The molecule has 2 N–H and O–H groups in total. The predicted octanol–water partition coefficient (Wildman–Crippen LogP) is 1.20. The van der Waals surface area contributed by atoms with Gasteiger partial charge in [0.25, 0.3) is 0 Å². The first-order valence-electron chi connectivity index (χ1n) is 7.44. The van der Waals surface area contributed by atoms with Crippen molar-refractivity contribution in [1.29, 1.82) is 0 Å². The van der Waals surface area contributed by atoms with Crippen LogP contribution in [0.25, 0.3) is 0 Å². The largest absolute Gasteiger partial charge is 0.497 e. The number of benzene rings is 1. The van der Waals surface area contributed by atoms with Crippen molar-refractivity contribution in [3.05, 3.63) is 23.8 Å². The number of aliphatic hydroxyl groups is 1. The lowest BCUT2D eigenvalue weighted by atomic mass is 10.1. The SMILES string of the molecule is CCN(CC)CC(=O)NCC(O)c1cc(OC)ccc1OC. The van der Waals surface area contributed by atoms with Gasteiger partial charge in [-0.15, -0.1) is 0 Å². The second kappa shape index (κ2) is 9.27. The number of ether oxygens (including phenoxy) is 2. The van der Waals surface area contributed by atoms with E-state index in [0.29, 0.717) is 23.6 Å². The number of likely N-dealkylation sites (N-methyl/N-ethyl adjacent to an activating group) is 1. The molecule has 0 spiro atoms. The van der Waals surface area contributed by atoms with Crippen LogP contribution < -0.4 is 14.8 Å². The summed E-state index contributed by atoms with van der Waals surface area (Å²) in [5.41, 5.74) is 0.588. The average molecular weight is 310 g/mol. The van der Waals surface area contributed by atoms with Crippen molar-refractivity contribution in [2.75, 3.05) is 40.4 Å². The van der Waals surface area contributed by atoms with Crippen molar-refractivity contribution >= 4 is 5.91 Å². The van der Waals surface area contributed by atoms with Crippen LogP contribution in [0.5, 0.6) is 11.5 Å². The van der Waals surface area contributed by atoms with E-state index in [2.05, 4.69) is 5.32 Å². The van der Waals surface area contributed by atoms with Crippen LogP contribution in [0.15, 0.2) is 18.2 Å². The molecular formula is C16H26N2O4. The van der Waals surface area contributed by atoms with E-state index in [1.54, 1.807) is 25.3 Å². The van der Waals surface area contributed by atoms with Crippen molar-refractivity contribution in [2.45, 2.75) is 20.0 Å². The van der Waals surface area contributed by atoms with Gasteiger partial charge in [-0.2, -0.15) is 0 Å². The van der Waals surface area contributed by atoms with E-state index in [1.807, 2.05) is 18.7 Å². The minimum Gasteiger partial charge on any atom is -0.497 e. The Morgan fingerprint density at radius 1 is 1.27 bits per heavy atom. The zero-order valence-corrected chi connectivity index (χ0v) is 13.8. The minimum absolute atomic E-state index is 0.107. The normalized spacial score (nSPS) is 12.1. The van der Waals surface area contributed by atoms with E-state index in [4.69, 9.17) is 9.47 Å². The second-order valence-corrected chi connectivity index (χ2v) is 4.89. The summed E-state index contributed by atoms with van der Waals surface area (Å²) >= 11 is 0. The van der Waals surface area contributed by atoms with Crippen molar-refractivity contribution in [3.8, 4) is 11.5 Å². The van der Waals surface area contributed by atoms with Gasteiger partial charge in [0.15, 0.2) is 0 Å². The monoisotopic (exact) mass is 310 g/mol. The topological polar surface area (TPSA) is 71.0 Å². The van der Waals surface area contributed by atoms with Gasteiger partial charge in [0.05, 0.1) is 26.9 Å². The number of carbonyl (C=O) groups is 1. The number of hydrogen-bond acceptors (Lipinski definition) is 5. The van der Waals surface area contributed by atoms with E-state index < -0.39 is 6.10 Å². The maximum Gasteiger partial charge on any atom is 0.234 e. The molecule has 22 heavy (non-hydrogen) atoms. The van der Waals surface area contributed by atoms with Crippen LogP contribution in [0.3, 0.4) is 0 Å². The molecule has 1 rings (SSSR count). The van der Waals surface area contributed by atoms with Crippen LogP contribution in [0.1, 0.15) is 25.5 Å². The summed E-state index contributed by atoms with van der Waals surface area (Å²) in [6, 6.07) is 5.20. The summed E-state index contributed by atoms with van der Waals surface area (Å²) in [5.74, 6) is 1.08. The van der Waals surface area contributed by atoms with Gasteiger partial charge in [0.1, 0.15) is 11.5 Å². The van der Waals surface area contributed by atoms with Gasteiger partial charge in [0, 0.05) is 12.1 Å². The Kier molecular flexibility index (Phi) is 7.70. The standard InChI is InChI=1S/C16H26N2O4/c1-5-18(6-2)11-16(20)17-10-14(19)13-9-12(21-3)7-8-15(13)22-4/h7-9,14,19H,5-6,10-11H2,1-4H3,(H,17,20). The molecule has 0 aromatic heterocycles. The van der Waals surface area contributed by atoms with Crippen LogP contribution >= 0.6 is 0 Å². The first-order valence-corrected chi connectivity index (χ1v) is 7.44. The molecule has 1 aromatic carbocycles. The van der Waals surface area contributed by atoms with E-state index in [-0.39, 0.29) is 12.5 Å². The molecule has 0 saturated heterocycles. The van der Waals surface area contributed by atoms with Crippen LogP contribution in [-0.4, -0.2) is 56.3 Å². The number of methoxy groups -OCH3 is 2. The van der Waals surface area contributed by atoms with Gasteiger partial charge >= 0.3 is 0 Å². The fourth-order valence-electron chi connectivity index (χ4n) is 2.13. The molecule has 0 fully saturated rings. The van der Waals surface area contributed by atoms with Gasteiger partial charge in [0.2, 0.25) is 5.91 Å². The third-order valence-electron chi connectivity index (χ3n) is 3.55. The second-order valence-electron chi connectivity index (χ2n) is 4.89. The molecule has 0 aliphatic rings. The number of rotatable bonds is 9. The number of amides is 1. The quantitative estimate of drug-likeness (QED) is 0.717. The first kappa shape index (κ1) is 18.3. The van der Waals surface area contributed by atoms with Crippen molar-refractivity contribution in [3.63, 3.8) is 0 Å². The summed E-state index contributed by atoms with van der Waals surface area (Å²) in [4.78, 5) is 13.9. The smallest absolute Gasteiger partial charge is 0.234 e. The van der Waals surface area contributed by atoms with Gasteiger partial charge < -0.3 is 19.9 Å². The van der Waals surface area contributed by atoms with E-state index in [0.717, 1.165) is 13.1 Å². The lowest BCUT2D eigenvalue weighted by Gasteiger charge is -2.19. The zero-order valence-electron chi connectivity index (χ0n) is 13.8. The first-order chi connectivity index (χ1) is 10.5. The number of carbonyl (C=O) groups excluding carboxylic acids is 1. The Labute approximate surface area is 132 Å². The van der Waals surface area contributed by atoms with Crippen LogP contribution in [-0.2, 0) is 4.79 Å². The van der Waals surface area contributed by atoms with E-state index in [1.165, 1.54) is 7.11 Å². The highest BCUT2D eigenvalue weighted by molar-refractivity contribution is 5.78. The Bertz CT molecular complexity index is 475. The molecule has 0 aliphatic heterocycles. The summed E-state index contributed by atoms with van der Waals surface area (Å²) in [7, 11) is 3.10. The highest BCUT2D eigenvalue weighted by Crippen LogP contribution is 2.28. The average Bonchev–Trinajstić information content (AvgIpc) is 2.56. The molecule has 6 nitrogen and oxygen atoms in total. The maximum absolute atomic E-state index is 11.9. The van der Waals surface area contributed by atoms with Crippen LogP contribution in [0.4, 0.5) is 0 Å². The Balaban J connectivity index is 2.65. The Morgan fingerprint density at radius 2 is 1.95 bits per heavy atom. The summed E-state index contributed by atoms with van der Waals surface area (Å²) in [6.45, 7) is 6.10. The van der Waals surface area contributed by atoms with Crippen molar-refractivity contribution < 1.29 is 19.4 Å². The zero-order chi connectivity index (χ0) is 16.5. The maximum atomic E-state index is 11.9. The molecule has 0 saturated carbocycles. The van der Waals surface area contributed by atoms with Gasteiger partial charge in [-0.05, 0) is 31.3 Å². The fraction of sp³-hybridized carbons (Fsp3) is 0.562. The Hall–Kier alpha value is -1.79. The summed E-state index contributed by atoms with van der Waals surface area (Å²) < 4.78 is 10.4. The summed E-state index contributed by atoms with van der Waals surface area (Å²) in [6.07, 6.45) is -0.856. The number of nitrogens with one attached hydrogen (secondary N) is 1. The highest BCUT2D eigenvalue weighted by atomic mass is 16.5. The molecule has 0 aliphatic carbocycles. The number of aliphatic hydroxyl groups excluding tert-OH is 1. The molecule has 0 bridgehead atoms. The molecular weight excluding hydrogens is 284 g/mol. The van der Waals surface area contributed by atoms with E-state index >= 15 is 0 Å². The fourth-order valence-corrected chi connectivity index (χ4v) is 2.13. The molecule has 1 unspecified atom stereocenters. The molecule has 124 valence electrons. The third-order valence-corrected chi connectivity index (χ3v) is 3.55. The molecule has 1 aromatic rings. The van der Waals surface area contributed by atoms with Gasteiger partial charge in [-0.3, -0.25) is 9.69 Å². The molecule has 1 amide bonds. The minimum atomic E-state index is -0.856. The van der Waals surface area contributed by atoms with Crippen molar-refractivity contribution in [1.82, 2.24) is 10.2 Å². The molecule has 0 heterocycles. The lowest BCUT2D eigenvalue weighted by Crippen LogP contribution is -2.38. The van der Waals surface area contributed by atoms with Crippen LogP contribution in [0, 0.1) is 0 Å². The predicted molar refractivity (Wildman–Crippen MR) is 85.3 cm³/mol. The van der Waals surface area contributed by atoms with E-state index in [9.17, 15) is 9.90 Å². The van der Waals surface area contributed by atoms with Crippen LogP contribution in [0.2, 0.25) is 0 Å². The van der Waals surface area contributed by atoms with Gasteiger partial charge in [-0.1, -0.05) is 13.8 Å². The van der Waals surface area contributed by atoms with Crippen molar-refractivity contribution in [2.24, 2.45) is 0 Å². The lowest BCUT2D eigenvalue weighted by molar-refractivity contribution is -0.122. The number of nitrogens with zero attached hydrogens (tertiary/aromatic N) is 1. The molecule has 6 heteroatoms. The Morgan fingerprint density at radius 3 is 2.50 bits per heavy atom. The third kappa shape index (κ3) is 5.20. The molecule has 1 atom stereocenters. The van der Waals surface area contributed by atoms with Gasteiger partial charge in [-0.25, -0.2) is 0 Å². The highest BCUT2D eigenvalue weighted by Gasteiger charge is 2.16. The summed E-state index contributed by atoms with van der Waals surface area (Å²) in [5, 5.41) is 13.0.